The van der Waals surface area contributed by atoms with E-state index in [0.717, 1.165) is 18.4 Å². The lowest BCUT2D eigenvalue weighted by Gasteiger charge is -2.20. The topological polar surface area (TPSA) is 60.0 Å². The second-order valence-electron chi connectivity index (χ2n) is 5.43. The van der Waals surface area contributed by atoms with Gasteiger partial charge in [0.15, 0.2) is 11.5 Å². The van der Waals surface area contributed by atoms with E-state index < -0.39 is 0 Å². The third kappa shape index (κ3) is 1.93. The molecule has 3 aliphatic heterocycles. The van der Waals surface area contributed by atoms with Crippen molar-refractivity contribution in [2.45, 2.75) is 44.1 Å². The molecule has 4 rings (SSSR count). The van der Waals surface area contributed by atoms with E-state index in [0.29, 0.717) is 36.3 Å². The van der Waals surface area contributed by atoms with Gasteiger partial charge in [-0.1, -0.05) is 0 Å². The molecule has 1 aromatic rings. The molecule has 0 spiro atoms. The fraction of sp³-hybridized carbons (Fsp3) is 0.571. The number of phenolic OH excluding ortho intramolecular Hbond substituents is 1. The summed E-state index contributed by atoms with van der Waals surface area (Å²) in [6.45, 7) is 0.853. The average Bonchev–Trinajstić information content (AvgIpc) is 3.11. The molecule has 3 atom stereocenters. The van der Waals surface area contributed by atoms with Crippen LogP contribution in [0.1, 0.15) is 24.8 Å². The smallest absolute Gasteiger partial charge is 0.231 e. The van der Waals surface area contributed by atoms with Crippen molar-refractivity contribution in [2.75, 3.05) is 6.79 Å². The molecule has 19 heavy (non-hydrogen) atoms. The van der Waals surface area contributed by atoms with Gasteiger partial charge < -0.3 is 24.6 Å². The zero-order valence-electron chi connectivity index (χ0n) is 10.6. The molecule has 0 saturated carbocycles. The summed E-state index contributed by atoms with van der Waals surface area (Å²) in [6.07, 6.45) is 4.21. The largest absolute Gasteiger partial charge is 0.507 e. The lowest BCUT2D eigenvalue weighted by atomic mass is 9.95. The van der Waals surface area contributed by atoms with Crippen molar-refractivity contribution < 1.29 is 19.3 Å². The highest BCUT2D eigenvalue weighted by atomic mass is 16.7. The first-order chi connectivity index (χ1) is 9.29. The van der Waals surface area contributed by atoms with Gasteiger partial charge in [-0.3, -0.25) is 0 Å². The Morgan fingerprint density at radius 2 is 2.05 bits per heavy atom. The zero-order valence-corrected chi connectivity index (χ0v) is 10.6. The van der Waals surface area contributed by atoms with Crippen LogP contribution in [0, 0.1) is 0 Å². The van der Waals surface area contributed by atoms with E-state index in [2.05, 4.69) is 5.32 Å². The predicted molar refractivity (Wildman–Crippen MR) is 67.4 cm³/mol. The van der Waals surface area contributed by atoms with Crippen molar-refractivity contribution in [3.8, 4) is 17.2 Å². The number of hydrogen-bond donors (Lipinski definition) is 2. The number of rotatable bonds is 3. The molecular weight excluding hydrogens is 246 g/mol. The number of nitrogens with one attached hydrogen (secondary N) is 1. The van der Waals surface area contributed by atoms with Gasteiger partial charge in [0.05, 0.1) is 12.2 Å². The van der Waals surface area contributed by atoms with E-state index in [9.17, 15) is 5.11 Å². The van der Waals surface area contributed by atoms with Gasteiger partial charge in [0.1, 0.15) is 5.75 Å². The van der Waals surface area contributed by atoms with Crippen LogP contribution in [-0.4, -0.2) is 30.1 Å². The molecule has 0 aliphatic carbocycles. The average molecular weight is 263 g/mol. The van der Waals surface area contributed by atoms with Crippen LogP contribution in [0.4, 0.5) is 0 Å². The van der Waals surface area contributed by atoms with Crippen LogP contribution in [0.15, 0.2) is 12.1 Å². The number of phenols is 1. The quantitative estimate of drug-likeness (QED) is 0.866. The van der Waals surface area contributed by atoms with Crippen LogP contribution in [0.2, 0.25) is 0 Å². The summed E-state index contributed by atoms with van der Waals surface area (Å²) >= 11 is 0. The van der Waals surface area contributed by atoms with E-state index in [1.54, 1.807) is 6.07 Å². The minimum absolute atomic E-state index is 0.228. The number of aromatic hydroxyl groups is 1. The molecule has 0 aromatic heterocycles. The van der Waals surface area contributed by atoms with Crippen molar-refractivity contribution in [3.05, 3.63) is 17.7 Å². The maximum atomic E-state index is 9.97. The molecule has 3 aliphatic rings. The van der Waals surface area contributed by atoms with Gasteiger partial charge in [-0.25, -0.2) is 0 Å². The number of benzene rings is 1. The summed E-state index contributed by atoms with van der Waals surface area (Å²) in [7, 11) is 0. The maximum Gasteiger partial charge on any atom is 0.231 e. The fourth-order valence-electron chi connectivity index (χ4n) is 3.21. The third-order valence-electron chi connectivity index (χ3n) is 4.23. The monoisotopic (exact) mass is 263 g/mol. The molecule has 0 amide bonds. The molecule has 102 valence electrons. The minimum atomic E-state index is 0.228. The first-order valence-corrected chi connectivity index (χ1v) is 6.80. The summed E-state index contributed by atoms with van der Waals surface area (Å²) in [5.74, 6) is 1.57. The number of ether oxygens (including phenoxy) is 3. The second-order valence-corrected chi connectivity index (χ2v) is 5.43. The van der Waals surface area contributed by atoms with Gasteiger partial charge >= 0.3 is 0 Å². The Balaban J connectivity index is 1.45. The zero-order chi connectivity index (χ0) is 12.8. The first kappa shape index (κ1) is 11.4. The van der Waals surface area contributed by atoms with E-state index in [4.69, 9.17) is 14.2 Å². The summed E-state index contributed by atoms with van der Waals surface area (Å²) in [5.41, 5.74) is 0.840. The molecule has 3 heterocycles. The predicted octanol–water partition coefficient (Wildman–Crippen LogP) is 1.53. The van der Waals surface area contributed by atoms with Gasteiger partial charge in [0.2, 0.25) is 6.79 Å². The van der Waals surface area contributed by atoms with E-state index >= 15 is 0 Å². The van der Waals surface area contributed by atoms with Crippen molar-refractivity contribution in [1.82, 2.24) is 5.32 Å². The van der Waals surface area contributed by atoms with Crippen LogP contribution >= 0.6 is 0 Å². The second kappa shape index (κ2) is 4.28. The molecule has 2 fully saturated rings. The minimum Gasteiger partial charge on any atom is -0.507 e. The Morgan fingerprint density at radius 3 is 2.79 bits per heavy atom. The normalized spacial score (nSPS) is 31.1. The molecule has 0 radical (unpaired) electrons. The van der Waals surface area contributed by atoms with Crippen LogP contribution < -0.4 is 14.8 Å². The standard InChI is InChI=1S/C14H17NO4/c16-11-5-14-13(17-7-18-14)3-8(11)6-15-10-4-9-1-2-12(10)19-9/h3,5,9-10,12,15-16H,1-2,4,6-7H2. The lowest BCUT2D eigenvalue weighted by Crippen LogP contribution is -2.36. The van der Waals surface area contributed by atoms with Gasteiger partial charge in [-0.15, -0.1) is 0 Å². The van der Waals surface area contributed by atoms with Gasteiger partial charge in [0, 0.05) is 24.2 Å². The lowest BCUT2D eigenvalue weighted by molar-refractivity contribution is 0.0972. The van der Waals surface area contributed by atoms with E-state index in [-0.39, 0.29) is 12.5 Å². The molecule has 5 heteroatoms. The number of hydrogen-bond acceptors (Lipinski definition) is 5. The molecule has 2 saturated heterocycles. The SMILES string of the molecule is Oc1cc2c(cc1CNC1CC3CCC1O3)OCO2. The maximum absolute atomic E-state index is 9.97. The van der Waals surface area contributed by atoms with Crippen LogP contribution in [0.5, 0.6) is 17.2 Å². The highest BCUT2D eigenvalue weighted by Crippen LogP contribution is 2.38. The molecule has 5 nitrogen and oxygen atoms in total. The summed E-state index contributed by atoms with van der Waals surface area (Å²) < 4.78 is 16.4. The summed E-state index contributed by atoms with van der Waals surface area (Å²) in [4.78, 5) is 0. The van der Waals surface area contributed by atoms with Crippen molar-refractivity contribution >= 4 is 0 Å². The van der Waals surface area contributed by atoms with Crippen molar-refractivity contribution in [1.29, 1.82) is 0 Å². The molecular formula is C14H17NO4. The van der Waals surface area contributed by atoms with E-state index in [1.165, 1.54) is 6.42 Å². The first-order valence-electron chi connectivity index (χ1n) is 6.80. The Morgan fingerprint density at radius 1 is 1.21 bits per heavy atom. The summed E-state index contributed by atoms with van der Waals surface area (Å²) in [6, 6.07) is 3.87. The molecule has 2 N–H and O–H groups in total. The Bertz CT molecular complexity index is 504. The van der Waals surface area contributed by atoms with Crippen LogP contribution in [0.3, 0.4) is 0 Å². The van der Waals surface area contributed by atoms with Gasteiger partial charge in [-0.2, -0.15) is 0 Å². The summed E-state index contributed by atoms with van der Waals surface area (Å²) in [5, 5.41) is 13.5. The molecule has 3 unspecified atom stereocenters. The highest BCUT2D eigenvalue weighted by Gasteiger charge is 2.40. The van der Waals surface area contributed by atoms with Crippen molar-refractivity contribution in [3.63, 3.8) is 0 Å². The third-order valence-corrected chi connectivity index (χ3v) is 4.23. The van der Waals surface area contributed by atoms with Crippen molar-refractivity contribution in [2.24, 2.45) is 0 Å². The van der Waals surface area contributed by atoms with Gasteiger partial charge in [-0.05, 0) is 25.3 Å². The highest BCUT2D eigenvalue weighted by molar-refractivity contribution is 5.51. The Hall–Kier alpha value is -1.46. The molecule has 2 bridgehead atoms. The Kier molecular flexibility index (Phi) is 2.56. The van der Waals surface area contributed by atoms with E-state index in [1.807, 2.05) is 6.07 Å². The molecule has 1 aromatic carbocycles. The van der Waals surface area contributed by atoms with Gasteiger partial charge in [0.25, 0.3) is 0 Å². The fourth-order valence-corrected chi connectivity index (χ4v) is 3.21. The Labute approximate surface area is 111 Å². The number of fused-ring (bicyclic) bond motifs is 3. The van der Waals surface area contributed by atoms with Crippen LogP contribution in [0.25, 0.3) is 0 Å². The van der Waals surface area contributed by atoms with Crippen LogP contribution in [-0.2, 0) is 11.3 Å².